The second kappa shape index (κ2) is 4.81. The fraction of sp³-hybridized carbons (Fsp3) is 0.176. The number of nitrogens with zero attached hydrogens (tertiary/aromatic N) is 1. The van der Waals surface area contributed by atoms with E-state index in [1.165, 1.54) is 22.4 Å². The van der Waals surface area contributed by atoms with Crippen LogP contribution < -0.4 is 5.73 Å². The zero-order chi connectivity index (χ0) is 13.2. The number of rotatable bonds is 2. The summed E-state index contributed by atoms with van der Waals surface area (Å²) in [6, 6.07) is 6.15. The van der Waals surface area contributed by atoms with Crippen LogP contribution in [0.4, 0.5) is 5.69 Å². The van der Waals surface area contributed by atoms with Crippen LogP contribution in [0.25, 0.3) is 11.6 Å². The van der Waals surface area contributed by atoms with Gasteiger partial charge < -0.3 is 10.6 Å². The van der Waals surface area contributed by atoms with Crippen LogP contribution in [-0.2, 0) is 0 Å². The van der Waals surface area contributed by atoms with E-state index >= 15 is 0 Å². The summed E-state index contributed by atoms with van der Waals surface area (Å²) in [5.41, 5.74) is 11.9. The highest BCUT2D eigenvalue weighted by Gasteiger charge is 2.19. The van der Waals surface area contributed by atoms with E-state index in [0.29, 0.717) is 0 Å². The highest BCUT2D eigenvalue weighted by Crippen LogP contribution is 2.36. The molecule has 0 amide bonds. The standard InChI is InChI=1S/C17H18N2/c1-2-10-19-11-9-13-7-8-14(18)12-16(13)15-5-3-4-6-17(15)19/h2,4,6-9,11-12H,1,3,5,10,18H2. The quantitative estimate of drug-likeness (QED) is 0.639. The largest absolute Gasteiger partial charge is 0.399 e. The first-order chi connectivity index (χ1) is 9.29. The third kappa shape index (κ3) is 2.10. The third-order valence-corrected chi connectivity index (χ3v) is 3.62. The lowest BCUT2D eigenvalue weighted by molar-refractivity contribution is 0.536. The monoisotopic (exact) mass is 250 g/mol. The summed E-state index contributed by atoms with van der Waals surface area (Å²) in [5, 5.41) is 0. The Morgan fingerprint density at radius 2 is 2.21 bits per heavy atom. The molecule has 2 aliphatic rings. The molecule has 0 saturated carbocycles. The number of anilines is 1. The highest BCUT2D eigenvalue weighted by atomic mass is 15.1. The summed E-state index contributed by atoms with van der Waals surface area (Å²) >= 11 is 0. The Hall–Kier alpha value is -2.22. The molecule has 3 rings (SSSR count). The van der Waals surface area contributed by atoms with Crippen molar-refractivity contribution in [2.75, 3.05) is 12.3 Å². The Kier molecular flexibility index (Phi) is 3.00. The molecule has 96 valence electrons. The smallest absolute Gasteiger partial charge is 0.0444 e. The maximum Gasteiger partial charge on any atom is 0.0444 e. The van der Waals surface area contributed by atoms with Gasteiger partial charge in [0.05, 0.1) is 0 Å². The van der Waals surface area contributed by atoms with Gasteiger partial charge in [-0.25, -0.2) is 0 Å². The minimum atomic E-state index is 0.823. The lowest BCUT2D eigenvalue weighted by Crippen LogP contribution is -2.17. The van der Waals surface area contributed by atoms with Gasteiger partial charge in [-0.2, -0.15) is 0 Å². The number of nitrogens with two attached hydrogens (primary N) is 1. The molecular formula is C17H18N2. The average molecular weight is 250 g/mol. The molecule has 2 heteroatoms. The van der Waals surface area contributed by atoms with E-state index in [9.17, 15) is 0 Å². The van der Waals surface area contributed by atoms with Crippen LogP contribution >= 0.6 is 0 Å². The number of fused-ring (bicyclic) bond motifs is 2. The Morgan fingerprint density at radius 1 is 1.32 bits per heavy atom. The minimum absolute atomic E-state index is 0.823. The van der Waals surface area contributed by atoms with Crippen LogP contribution in [0.1, 0.15) is 24.0 Å². The van der Waals surface area contributed by atoms with Crippen LogP contribution in [0.5, 0.6) is 0 Å². The van der Waals surface area contributed by atoms with Gasteiger partial charge in [0, 0.05) is 24.1 Å². The topological polar surface area (TPSA) is 29.3 Å². The van der Waals surface area contributed by atoms with Crippen molar-refractivity contribution in [3.05, 3.63) is 66.0 Å². The molecule has 19 heavy (non-hydrogen) atoms. The molecule has 0 spiro atoms. The SMILES string of the molecule is C=CCN1C=Cc2ccc(N)cc2C2=C1C=CCC2. The Labute approximate surface area is 114 Å². The van der Waals surface area contributed by atoms with Gasteiger partial charge in [-0.1, -0.05) is 18.2 Å². The highest BCUT2D eigenvalue weighted by molar-refractivity contribution is 5.81. The molecule has 0 fully saturated rings. The number of hydrogen-bond donors (Lipinski definition) is 1. The van der Waals surface area contributed by atoms with E-state index in [1.54, 1.807) is 0 Å². The molecule has 0 aromatic heterocycles. The van der Waals surface area contributed by atoms with Crippen molar-refractivity contribution >= 4 is 17.3 Å². The van der Waals surface area contributed by atoms with Gasteiger partial charge in [0.25, 0.3) is 0 Å². The molecular weight excluding hydrogens is 232 g/mol. The summed E-state index contributed by atoms with van der Waals surface area (Å²) in [4.78, 5) is 2.24. The van der Waals surface area contributed by atoms with Crippen LogP contribution in [0.3, 0.4) is 0 Å². The number of benzene rings is 1. The molecule has 0 bridgehead atoms. The van der Waals surface area contributed by atoms with Gasteiger partial charge in [0.15, 0.2) is 0 Å². The van der Waals surface area contributed by atoms with E-state index in [2.05, 4.69) is 48.0 Å². The van der Waals surface area contributed by atoms with Crippen molar-refractivity contribution in [2.24, 2.45) is 0 Å². The molecule has 0 saturated heterocycles. The summed E-state index contributed by atoms with van der Waals surface area (Å²) in [5.74, 6) is 0. The number of allylic oxidation sites excluding steroid dienone is 3. The molecule has 1 aromatic rings. The third-order valence-electron chi connectivity index (χ3n) is 3.62. The Bertz CT molecular complexity index is 606. The van der Waals surface area contributed by atoms with E-state index in [0.717, 1.165) is 25.1 Å². The van der Waals surface area contributed by atoms with Gasteiger partial charge in [-0.3, -0.25) is 0 Å². The van der Waals surface area contributed by atoms with E-state index in [4.69, 9.17) is 5.73 Å². The van der Waals surface area contributed by atoms with Crippen molar-refractivity contribution in [3.63, 3.8) is 0 Å². The maximum absolute atomic E-state index is 5.95. The predicted octanol–water partition coefficient (Wildman–Crippen LogP) is 3.80. The lowest BCUT2D eigenvalue weighted by atomic mass is 9.91. The molecule has 2 N–H and O–H groups in total. The first-order valence-corrected chi connectivity index (χ1v) is 6.65. The molecule has 2 nitrogen and oxygen atoms in total. The average Bonchev–Trinajstić information content (AvgIpc) is 2.58. The minimum Gasteiger partial charge on any atom is -0.399 e. The normalized spacial score (nSPS) is 16.9. The van der Waals surface area contributed by atoms with Crippen molar-refractivity contribution in [2.45, 2.75) is 12.8 Å². The first-order valence-electron chi connectivity index (χ1n) is 6.65. The zero-order valence-electron chi connectivity index (χ0n) is 11.0. The van der Waals surface area contributed by atoms with Crippen LogP contribution in [0, 0.1) is 0 Å². The lowest BCUT2D eigenvalue weighted by Gasteiger charge is -2.24. The molecule has 1 heterocycles. The Morgan fingerprint density at radius 3 is 3.05 bits per heavy atom. The first kappa shape index (κ1) is 11.8. The number of hydrogen-bond acceptors (Lipinski definition) is 2. The van der Waals surface area contributed by atoms with Gasteiger partial charge in [-0.15, -0.1) is 6.58 Å². The molecule has 0 atom stereocenters. The van der Waals surface area contributed by atoms with Crippen molar-refractivity contribution in [1.82, 2.24) is 4.90 Å². The molecule has 1 aliphatic carbocycles. The van der Waals surface area contributed by atoms with Crippen molar-refractivity contribution in [1.29, 1.82) is 0 Å². The second-order valence-electron chi connectivity index (χ2n) is 4.91. The summed E-state index contributed by atoms with van der Waals surface area (Å²) in [6.45, 7) is 4.67. The number of nitrogen functional groups attached to an aromatic ring is 1. The fourth-order valence-electron chi connectivity index (χ4n) is 2.72. The van der Waals surface area contributed by atoms with Gasteiger partial charge in [0.2, 0.25) is 0 Å². The van der Waals surface area contributed by atoms with E-state index in [1.807, 2.05) is 12.1 Å². The summed E-state index contributed by atoms with van der Waals surface area (Å²) in [7, 11) is 0. The predicted molar refractivity (Wildman–Crippen MR) is 82.1 cm³/mol. The van der Waals surface area contributed by atoms with Gasteiger partial charge in [0.1, 0.15) is 0 Å². The van der Waals surface area contributed by atoms with Crippen molar-refractivity contribution in [3.8, 4) is 0 Å². The van der Waals surface area contributed by atoms with Gasteiger partial charge in [-0.05, 0) is 53.8 Å². The Balaban J connectivity index is 2.20. The fourth-order valence-corrected chi connectivity index (χ4v) is 2.72. The molecule has 1 aromatic carbocycles. The zero-order valence-corrected chi connectivity index (χ0v) is 11.0. The van der Waals surface area contributed by atoms with Gasteiger partial charge >= 0.3 is 0 Å². The van der Waals surface area contributed by atoms with Crippen LogP contribution in [-0.4, -0.2) is 11.4 Å². The summed E-state index contributed by atoms with van der Waals surface area (Å²) < 4.78 is 0. The van der Waals surface area contributed by atoms with E-state index in [-0.39, 0.29) is 0 Å². The maximum atomic E-state index is 5.95. The molecule has 0 unspecified atom stereocenters. The van der Waals surface area contributed by atoms with Crippen molar-refractivity contribution < 1.29 is 0 Å². The van der Waals surface area contributed by atoms with Crippen LogP contribution in [0.2, 0.25) is 0 Å². The van der Waals surface area contributed by atoms with E-state index < -0.39 is 0 Å². The summed E-state index contributed by atoms with van der Waals surface area (Å²) in [6.07, 6.45) is 12.8. The second-order valence-corrected chi connectivity index (χ2v) is 4.91. The molecule has 0 radical (unpaired) electrons. The molecule has 1 aliphatic heterocycles. The van der Waals surface area contributed by atoms with Crippen LogP contribution in [0.15, 0.2) is 54.9 Å².